The number of fused-ring (bicyclic) bond motifs is 5. The van der Waals surface area contributed by atoms with Crippen LogP contribution in [0.5, 0.6) is 0 Å². The molecule has 5 heteroatoms. The quantitative estimate of drug-likeness (QED) is 0.455. The van der Waals surface area contributed by atoms with Crippen molar-refractivity contribution < 1.29 is 13.9 Å². The Morgan fingerprint density at radius 3 is 2.64 bits per heavy atom. The first kappa shape index (κ1) is 25.2. The summed E-state index contributed by atoms with van der Waals surface area (Å²) in [5.74, 6) is 2.31. The van der Waals surface area contributed by atoms with E-state index < -0.39 is 0 Å². The van der Waals surface area contributed by atoms with Crippen molar-refractivity contribution in [2.45, 2.75) is 89.8 Å². The smallest absolute Gasteiger partial charge is 0.102 e. The molecule has 5 nitrogen and oxygen atoms in total. The monoisotopic (exact) mass is 496 g/mol. The number of nitrogens with zero attached hydrogens (tertiary/aromatic N) is 1. The van der Waals surface area contributed by atoms with Crippen molar-refractivity contribution in [2.75, 3.05) is 39.4 Å². The predicted molar refractivity (Wildman–Crippen MR) is 143 cm³/mol. The highest BCUT2D eigenvalue weighted by molar-refractivity contribution is 5.30. The van der Waals surface area contributed by atoms with E-state index in [1.165, 1.54) is 70.0 Å². The fourth-order valence-electron chi connectivity index (χ4n) is 9.69. The van der Waals surface area contributed by atoms with Crippen LogP contribution in [0.3, 0.4) is 0 Å². The zero-order chi connectivity index (χ0) is 24.8. The van der Waals surface area contributed by atoms with Crippen LogP contribution in [-0.2, 0) is 15.1 Å². The minimum atomic E-state index is -0.208. The average molecular weight is 497 g/mol. The normalized spacial score (nSPS) is 42.6. The van der Waals surface area contributed by atoms with Gasteiger partial charge < -0.3 is 24.5 Å². The molecular formula is C31H48N2O3. The van der Waals surface area contributed by atoms with Crippen molar-refractivity contribution >= 4 is 0 Å². The second-order valence-electron chi connectivity index (χ2n) is 13.0. The zero-order valence-electron chi connectivity index (χ0n) is 22.7. The second-order valence-corrected chi connectivity index (χ2v) is 13.0. The van der Waals surface area contributed by atoms with Gasteiger partial charge in [-0.05, 0) is 107 Å². The molecule has 0 bridgehead atoms. The molecule has 2 N–H and O–H groups in total. The van der Waals surface area contributed by atoms with Crippen LogP contribution in [0.4, 0.5) is 0 Å². The van der Waals surface area contributed by atoms with Gasteiger partial charge in [-0.3, -0.25) is 0 Å². The van der Waals surface area contributed by atoms with Crippen LogP contribution in [0.2, 0.25) is 0 Å². The van der Waals surface area contributed by atoms with Gasteiger partial charge in [0.25, 0.3) is 0 Å². The van der Waals surface area contributed by atoms with Gasteiger partial charge >= 0.3 is 0 Å². The Bertz CT molecular complexity index is 924. The van der Waals surface area contributed by atoms with Crippen LogP contribution in [0, 0.1) is 28.6 Å². The maximum Gasteiger partial charge on any atom is 0.102 e. The van der Waals surface area contributed by atoms with E-state index in [2.05, 4.69) is 30.9 Å². The highest BCUT2D eigenvalue weighted by Gasteiger charge is 2.65. The fourth-order valence-corrected chi connectivity index (χ4v) is 9.69. The Balaban J connectivity index is 1.24. The number of rotatable bonds is 8. The van der Waals surface area contributed by atoms with Crippen molar-refractivity contribution in [3.05, 3.63) is 35.8 Å². The van der Waals surface area contributed by atoms with Crippen LogP contribution in [-0.4, -0.2) is 50.4 Å². The summed E-state index contributed by atoms with van der Waals surface area (Å²) in [5, 5.41) is 0. The van der Waals surface area contributed by atoms with Gasteiger partial charge in [-0.15, -0.1) is 0 Å². The lowest BCUT2D eigenvalue weighted by atomic mass is 9.46. The van der Waals surface area contributed by atoms with Gasteiger partial charge in [0, 0.05) is 24.1 Å². The first-order valence-electron chi connectivity index (χ1n) is 14.9. The van der Waals surface area contributed by atoms with E-state index in [0.717, 1.165) is 43.7 Å². The van der Waals surface area contributed by atoms with Gasteiger partial charge in [0.2, 0.25) is 0 Å². The van der Waals surface area contributed by atoms with Gasteiger partial charge in [0.15, 0.2) is 0 Å². The van der Waals surface area contributed by atoms with Crippen molar-refractivity contribution in [2.24, 2.45) is 34.3 Å². The molecular weight excluding hydrogens is 448 g/mol. The molecule has 0 aromatic carbocycles. The fraction of sp³-hybridized carbons (Fsp3) is 0.806. The van der Waals surface area contributed by atoms with E-state index in [1.807, 2.05) is 12.5 Å². The maximum atomic E-state index is 7.09. The predicted octanol–water partition coefficient (Wildman–Crippen LogP) is 5.89. The molecule has 0 spiro atoms. The third-order valence-electron chi connectivity index (χ3n) is 11.6. The minimum Gasteiger partial charge on any atom is -0.472 e. The summed E-state index contributed by atoms with van der Waals surface area (Å²) >= 11 is 0. The van der Waals surface area contributed by atoms with E-state index in [-0.39, 0.29) is 17.1 Å². The van der Waals surface area contributed by atoms with Crippen LogP contribution in [0.1, 0.15) is 83.6 Å². The third-order valence-corrected chi connectivity index (χ3v) is 11.6. The Hall–Kier alpha value is -1.14. The first-order chi connectivity index (χ1) is 17.5. The topological polar surface area (TPSA) is 60.9 Å². The Labute approximate surface area is 218 Å². The largest absolute Gasteiger partial charge is 0.472 e. The number of allylic oxidation sites excluding steroid dienone is 1. The minimum absolute atomic E-state index is 0.169. The molecule has 0 amide bonds. The second kappa shape index (κ2) is 9.87. The number of ether oxygens (including phenoxy) is 2. The molecule has 1 aromatic heterocycles. The van der Waals surface area contributed by atoms with E-state index in [4.69, 9.17) is 19.6 Å². The molecule has 2 heterocycles. The Kier molecular flexibility index (Phi) is 6.90. The molecule has 4 fully saturated rings. The van der Waals surface area contributed by atoms with Crippen LogP contribution in [0.25, 0.3) is 0 Å². The lowest BCUT2D eigenvalue weighted by molar-refractivity contribution is -0.167. The molecule has 1 aliphatic heterocycles. The van der Waals surface area contributed by atoms with Crippen LogP contribution < -0.4 is 5.73 Å². The van der Waals surface area contributed by atoms with Gasteiger partial charge in [0.05, 0.1) is 31.8 Å². The summed E-state index contributed by atoms with van der Waals surface area (Å²) in [6.07, 6.45) is 19.2. The standard InChI is InChI=1S/C31H48N2O3/c1-29-11-7-25(35-19-14-32)21-23(29)5-6-26-27(29)8-12-30(2)28(26)9-13-31(30,24-10-18-34-22-24)36-20-17-33-15-3-4-16-33/h10,18,21-22,25-28H,3-9,11-17,19-20,32H2,1-2H3/t25?,26-,27-,28+,29+,30+,31?/m1/s1. The highest BCUT2D eigenvalue weighted by Crippen LogP contribution is 2.70. The van der Waals surface area contributed by atoms with Crippen molar-refractivity contribution in [1.82, 2.24) is 4.90 Å². The number of furan rings is 1. The molecule has 1 saturated heterocycles. The molecule has 3 saturated carbocycles. The third kappa shape index (κ3) is 3.95. The van der Waals surface area contributed by atoms with E-state index in [9.17, 15) is 0 Å². The molecule has 4 aliphatic carbocycles. The average Bonchev–Trinajstić information content (AvgIpc) is 3.64. The summed E-state index contributed by atoms with van der Waals surface area (Å²) in [6, 6.07) is 2.20. The molecule has 0 radical (unpaired) electrons. The molecule has 7 atom stereocenters. The van der Waals surface area contributed by atoms with Crippen molar-refractivity contribution in [1.29, 1.82) is 0 Å². The number of hydrogen-bond acceptors (Lipinski definition) is 5. The lowest BCUT2D eigenvalue weighted by Gasteiger charge is -2.60. The van der Waals surface area contributed by atoms with Gasteiger partial charge in [-0.25, -0.2) is 0 Å². The molecule has 6 rings (SSSR count). The molecule has 36 heavy (non-hydrogen) atoms. The molecule has 2 unspecified atom stereocenters. The molecule has 5 aliphatic rings. The number of likely N-dealkylation sites (tertiary alicyclic amines) is 1. The lowest BCUT2D eigenvalue weighted by Crippen LogP contribution is -2.54. The van der Waals surface area contributed by atoms with Gasteiger partial charge in [-0.1, -0.05) is 25.5 Å². The summed E-state index contributed by atoms with van der Waals surface area (Å²) < 4.78 is 18.8. The van der Waals surface area contributed by atoms with E-state index in [0.29, 0.717) is 18.6 Å². The van der Waals surface area contributed by atoms with E-state index >= 15 is 0 Å². The van der Waals surface area contributed by atoms with Crippen molar-refractivity contribution in [3.63, 3.8) is 0 Å². The first-order valence-corrected chi connectivity index (χ1v) is 14.9. The SMILES string of the molecule is C[C@]12CCC(OCCN)C=C1CC[C@@H]1[C@H]2CC[C@@]2(C)[C@H]1CCC2(OCCN1CCCC1)c1ccoc1. The van der Waals surface area contributed by atoms with Crippen LogP contribution >= 0.6 is 0 Å². The number of nitrogens with two attached hydrogens (primary N) is 1. The van der Waals surface area contributed by atoms with E-state index in [1.54, 1.807) is 5.57 Å². The Morgan fingerprint density at radius 2 is 1.86 bits per heavy atom. The number of hydrogen-bond donors (Lipinski definition) is 1. The van der Waals surface area contributed by atoms with Crippen LogP contribution in [0.15, 0.2) is 34.7 Å². The highest BCUT2D eigenvalue weighted by atomic mass is 16.5. The summed E-state index contributed by atoms with van der Waals surface area (Å²) in [7, 11) is 0. The molecule has 1 aromatic rings. The molecule has 200 valence electrons. The Morgan fingerprint density at radius 1 is 1.03 bits per heavy atom. The van der Waals surface area contributed by atoms with Gasteiger partial charge in [0.1, 0.15) is 5.60 Å². The summed E-state index contributed by atoms with van der Waals surface area (Å²) in [5.41, 5.74) is 8.97. The maximum absolute atomic E-state index is 7.09. The van der Waals surface area contributed by atoms with Crippen molar-refractivity contribution in [3.8, 4) is 0 Å². The zero-order valence-corrected chi connectivity index (χ0v) is 22.7. The summed E-state index contributed by atoms with van der Waals surface area (Å²) in [4.78, 5) is 2.58. The summed E-state index contributed by atoms with van der Waals surface area (Å²) in [6.45, 7) is 10.8. The van der Waals surface area contributed by atoms with Gasteiger partial charge in [-0.2, -0.15) is 0 Å².